The molecule has 0 aliphatic rings. The lowest BCUT2D eigenvalue weighted by atomic mass is 10.1. The van der Waals surface area contributed by atoms with E-state index in [0.29, 0.717) is 12.0 Å². The number of sulfone groups is 1. The van der Waals surface area contributed by atoms with Crippen molar-refractivity contribution in [3.8, 4) is 0 Å². The second kappa shape index (κ2) is 9.68. The Morgan fingerprint density at radius 3 is 2.21 bits per heavy atom. The Bertz CT molecular complexity index is 879. The molecule has 0 heterocycles. The van der Waals surface area contributed by atoms with Crippen molar-refractivity contribution in [2.75, 3.05) is 25.5 Å². The van der Waals surface area contributed by atoms with Gasteiger partial charge in [0.1, 0.15) is 11.1 Å². The number of anilines is 1. The van der Waals surface area contributed by atoms with Gasteiger partial charge in [0.2, 0.25) is 5.91 Å². The summed E-state index contributed by atoms with van der Waals surface area (Å²) in [6.07, 6.45) is 1.99. The van der Waals surface area contributed by atoms with E-state index >= 15 is 0 Å². The van der Waals surface area contributed by atoms with Gasteiger partial charge in [0, 0.05) is 32.7 Å². The molecule has 0 saturated heterocycles. The van der Waals surface area contributed by atoms with Gasteiger partial charge in [0.05, 0.1) is 4.90 Å². The number of halogens is 1. The molecule has 2 aromatic rings. The lowest BCUT2D eigenvalue weighted by Crippen LogP contribution is -2.31. The molecule has 0 aliphatic heterocycles. The summed E-state index contributed by atoms with van der Waals surface area (Å²) < 4.78 is 39.6. The van der Waals surface area contributed by atoms with Gasteiger partial charge in [0.25, 0.3) is 0 Å². The minimum absolute atomic E-state index is 0.0263. The van der Waals surface area contributed by atoms with E-state index in [2.05, 4.69) is 5.32 Å². The van der Waals surface area contributed by atoms with Crippen molar-refractivity contribution >= 4 is 21.4 Å². The first-order chi connectivity index (χ1) is 13.3. The van der Waals surface area contributed by atoms with Crippen LogP contribution < -0.4 is 10.2 Å². The molecule has 2 aromatic carbocycles. The summed E-state index contributed by atoms with van der Waals surface area (Å²) in [5, 5.41) is 1.78. The predicted molar refractivity (Wildman–Crippen MR) is 110 cm³/mol. The van der Waals surface area contributed by atoms with Gasteiger partial charge < -0.3 is 10.2 Å². The molecule has 0 unspecified atom stereocenters. The van der Waals surface area contributed by atoms with E-state index in [1.165, 1.54) is 12.1 Å². The number of nitrogens with zero attached hydrogens (tertiary/aromatic N) is 1. The Kier molecular flexibility index (Phi) is 7.57. The summed E-state index contributed by atoms with van der Waals surface area (Å²) in [6.45, 7) is 1.95. The Labute approximate surface area is 166 Å². The van der Waals surface area contributed by atoms with Crippen molar-refractivity contribution in [3.05, 3.63) is 59.9 Å². The summed E-state index contributed by atoms with van der Waals surface area (Å²) in [7, 11) is -0.0181. The molecule has 28 heavy (non-hydrogen) atoms. The van der Waals surface area contributed by atoms with Crippen molar-refractivity contribution in [1.29, 1.82) is 0 Å². The molecular formula is C21H27FN2O3S. The van der Waals surface area contributed by atoms with Crippen molar-refractivity contribution in [3.63, 3.8) is 0 Å². The van der Waals surface area contributed by atoms with Crippen LogP contribution >= 0.6 is 0 Å². The van der Waals surface area contributed by atoms with Gasteiger partial charge in [-0.05, 0) is 48.4 Å². The average Bonchev–Trinajstić information content (AvgIpc) is 2.67. The van der Waals surface area contributed by atoms with Crippen LogP contribution in [0.25, 0.3) is 0 Å². The minimum atomic E-state index is -3.82. The van der Waals surface area contributed by atoms with Crippen LogP contribution in [0.3, 0.4) is 0 Å². The number of carbonyl (C=O) groups is 1. The third kappa shape index (κ3) is 5.55. The van der Waals surface area contributed by atoms with E-state index in [1.807, 2.05) is 38.1 Å². The van der Waals surface area contributed by atoms with Gasteiger partial charge in [-0.2, -0.15) is 0 Å². The molecule has 0 aromatic heterocycles. The molecule has 1 amide bonds. The number of unbranched alkanes of at least 4 members (excludes halogenated alkanes) is 1. The number of hydrogen-bond donors (Lipinski definition) is 1. The van der Waals surface area contributed by atoms with Crippen LogP contribution in [0.5, 0.6) is 0 Å². The molecule has 7 heteroatoms. The first kappa shape index (κ1) is 21.9. The second-order valence-electron chi connectivity index (χ2n) is 6.88. The summed E-state index contributed by atoms with van der Waals surface area (Å²) in [5.74, 6) is -0.676. The van der Waals surface area contributed by atoms with Crippen molar-refractivity contribution < 1.29 is 17.6 Å². The fourth-order valence-corrected chi connectivity index (χ4v) is 4.48. The molecule has 1 atom stereocenters. The van der Waals surface area contributed by atoms with Crippen LogP contribution in [0.1, 0.15) is 37.0 Å². The highest BCUT2D eigenvalue weighted by atomic mass is 32.2. The second-order valence-corrected chi connectivity index (χ2v) is 9.01. The van der Waals surface area contributed by atoms with Crippen LogP contribution in [-0.2, 0) is 14.6 Å². The van der Waals surface area contributed by atoms with Gasteiger partial charge >= 0.3 is 0 Å². The van der Waals surface area contributed by atoms with Gasteiger partial charge in [-0.25, -0.2) is 12.8 Å². The standard InChI is InChI=1S/C21H27FN2O3S/c1-4-5-6-21(25)23-15-20(16-7-11-18(12-8-16)24(2)3)28(26,27)19-13-9-17(22)10-14-19/h7-14,20H,4-6,15H2,1-3H3,(H,23,25)/t20-/m0/s1. The number of benzene rings is 2. The molecule has 152 valence electrons. The van der Waals surface area contributed by atoms with Crippen LogP contribution in [-0.4, -0.2) is 35.0 Å². The molecule has 2 rings (SSSR count). The van der Waals surface area contributed by atoms with E-state index in [1.54, 1.807) is 12.1 Å². The average molecular weight is 407 g/mol. The number of amides is 1. The Morgan fingerprint density at radius 2 is 1.68 bits per heavy atom. The third-order valence-electron chi connectivity index (χ3n) is 4.54. The zero-order valence-corrected chi connectivity index (χ0v) is 17.3. The summed E-state index contributed by atoms with van der Waals surface area (Å²) in [6, 6.07) is 11.9. The van der Waals surface area contributed by atoms with E-state index in [0.717, 1.165) is 30.7 Å². The lowest BCUT2D eigenvalue weighted by molar-refractivity contribution is -0.121. The van der Waals surface area contributed by atoms with E-state index < -0.39 is 20.9 Å². The monoisotopic (exact) mass is 406 g/mol. The van der Waals surface area contributed by atoms with Crippen molar-refractivity contribution in [2.24, 2.45) is 0 Å². The molecule has 0 radical (unpaired) electrons. The van der Waals surface area contributed by atoms with Gasteiger partial charge in [-0.3, -0.25) is 4.79 Å². The number of nitrogens with one attached hydrogen (secondary N) is 1. The van der Waals surface area contributed by atoms with Crippen LogP contribution in [0.2, 0.25) is 0 Å². The maximum atomic E-state index is 13.2. The summed E-state index contributed by atoms with van der Waals surface area (Å²) >= 11 is 0. The zero-order valence-electron chi connectivity index (χ0n) is 16.5. The van der Waals surface area contributed by atoms with Gasteiger partial charge in [0.15, 0.2) is 9.84 Å². The molecule has 0 bridgehead atoms. The Balaban J connectivity index is 2.34. The number of carbonyl (C=O) groups excluding carboxylic acids is 1. The van der Waals surface area contributed by atoms with Gasteiger partial charge in [-0.1, -0.05) is 25.5 Å². The van der Waals surface area contributed by atoms with Crippen molar-refractivity contribution in [1.82, 2.24) is 5.32 Å². The lowest BCUT2D eigenvalue weighted by Gasteiger charge is -2.20. The number of hydrogen-bond acceptors (Lipinski definition) is 4. The topological polar surface area (TPSA) is 66.5 Å². The Hall–Kier alpha value is -2.41. The summed E-state index contributed by atoms with van der Waals surface area (Å²) in [4.78, 5) is 14.0. The molecule has 0 fully saturated rings. The molecule has 1 N–H and O–H groups in total. The van der Waals surface area contributed by atoms with E-state index in [4.69, 9.17) is 0 Å². The Morgan fingerprint density at radius 1 is 1.07 bits per heavy atom. The first-order valence-electron chi connectivity index (χ1n) is 9.29. The molecular weight excluding hydrogens is 379 g/mol. The van der Waals surface area contributed by atoms with E-state index in [9.17, 15) is 17.6 Å². The van der Waals surface area contributed by atoms with Crippen LogP contribution in [0, 0.1) is 5.82 Å². The van der Waals surface area contributed by atoms with Gasteiger partial charge in [-0.15, -0.1) is 0 Å². The molecule has 0 saturated carbocycles. The SMILES string of the molecule is CCCCC(=O)NC[C@@H](c1ccc(N(C)C)cc1)S(=O)(=O)c1ccc(F)cc1. The maximum absolute atomic E-state index is 13.2. The molecule has 0 aliphatic carbocycles. The molecule has 0 spiro atoms. The predicted octanol–water partition coefficient (Wildman–Crippen LogP) is 3.71. The smallest absolute Gasteiger partial charge is 0.220 e. The third-order valence-corrected chi connectivity index (χ3v) is 6.66. The largest absolute Gasteiger partial charge is 0.378 e. The zero-order chi connectivity index (χ0) is 20.7. The highest BCUT2D eigenvalue weighted by Crippen LogP contribution is 2.30. The fourth-order valence-electron chi connectivity index (χ4n) is 2.81. The normalized spacial score (nSPS) is 12.4. The quantitative estimate of drug-likeness (QED) is 0.645. The van der Waals surface area contributed by atoms with Crippen LogP contribution in [0.4, 0.5) is 10.1 Å². The first-order valence-corrected chi connectivity index (χ1v) is 10.8. The highest BCUT2D eigenvalue weighted by Gasteiger charge is 2.29. The summed E-state index contributed by atoms with van der Waals surface area (Å²) in [5.41, 5.74) is 1.51. The molecule has 5 nitrogen and oxygen atoms in total. The fraction of sp³-hybridized carbons (Fsp3) is 0.381. The maximum Gasteiger partial charge on any atom is 0.220 e. The van der Waals surface area contributed by atoms with Crippen LogP contribution in [0.15, 0.2) is 53.4 Å². The highest BCUT2D eigenvalue weighted by molar-refractivity contribution is 7.91. The minimum Gasteiger partial charge on any atom is -0.378 e. The van der Waals surface area contributed by atoms with Crippen molar-refractivity contribution in [2.45, 2.75) is 36.3 Å². The van der Waals surface area contributed by atoms with E-state index in [-0.39, 0.29) is 17.3 Å². The number of rotatable bonds is 9.